The molecule has 5 nitrogen and oxygen atoms in total. The summed E-state index contributed by atoms with van der Waals surface area (Å²) in [5.74, 6) is -0.924. The Labute approximate surface area is 144 Å². The fourth-order valence-corrected chi connectivity index (χ4v) is 3.46. The van der Waals surface area contributed by atoms with E-state index in [0.29, 0.717) is 17.1 Å². The molecule has 1 amide bonds. The van der Waals surface area contributed by atoms with Crippen molar-refractivity contribution < 1.29 is 19.1 Å². The van der Waals surface area contributed by atoms with Gasteiger partial charge in [-0.2, -0.15) is 0 Å². The predicted octanol–water partition coefficient (Wildman–Crippen LogP) is 3.54. The molecule has 23 heavy (non-hydrogen) atoms. The van der Waals surface area contributed by atoms with Crippen LogP contribution in [-0.2, 0) is 9.59 Å². The lowest BCUT2D eigenvalue weighted by molar-refractivity contribution is -0.147. The van der Waals surface area contributed by atoms with E-state index in [1.165, 1.54) is 4.90 Å². The molecular formula is C16H17NO4S2. The molecule has 1 aliphatic heterocycles. The molecule has 1 aromatic rings. The number of furan rings is 1. The van der Waals surface area contributed by atoms with E-state index in [1.54, 1.807) is 43.5 Å². The van der Waals surface area contributed by atoms with Crippen molar-refractivity contribution in [1.29, 1.82) is 0 Å². The molecule has 0 aromatic carbocycles. The molecule has 1 fully saturated rings. The first-order valence-corrected chi connectivity index (χ1v) is 8.38. The minimum atomic E-state index is -1.04. The number of nitrogens with zero attached hydrogens (tertiary/aromatic N) is 1. The minimum absolute atomic E-state index is 0.187. The number of hydrogen-bond donors (Lipinski definition) is 1. The molecule has 0 aliphatic carbocycles. The zero-order valence-electron chi connectivity index (χ0n) is 12.8. The average Bonchev–Trinajstić information content (AvgIpc) is 3.11. The number of carboxylic acids is 1. The molecule has 0 bridgehead atoms. The highest BCUT2D eigenvalue weighted by molar-refractivity contribution is 8.26. The first-order chi connectivity index (χ1) is 11.0. The Balaban J connectivity index is 2.20. The molecule has 122 valence electrons. The number of hydrogen-bond acceptors (Lipinski definition) is 5. The summed E-state index contributed by atoms with van der Waals surface area (Å²) in [6, 6.07) is 2.62. The molecule has 1 aromatic heterocycles. The van der Waals surface area contributed by atoms with Gasteiger partial charge in [0.05, 0.1) is 11.2 Å². The van der Waals surface area contributed by atoms with E-state index in [1.807, 2.05) is 6.92 Å². The van der Waals surface area contributed by atoms with Crippen LogP contribution in [0.5, 0.6) is 0 Å². The standard InChI is InChI=1S/C16H17NO4S2/c1-3-10(2)13(15(19)20)17-14(18)12(23-16(17)22)8-4-6-11-7-5-9-21-11/h4-10,13H,3H2,1-2H3,(H,19,20)/b6-4+,12-8-/t10-,13+/m0/s1. The van der Waals surface area contributed by atoms with Crippen molar-refractivity contribution in [3.05, 3.63) is 41.2 Å². The second kappa shape index (κ2) is 7.61. The van der Waals surface area contributed by atoms with Gasteiger partial charge in [0.2, 0.25) is 0 Å². The lowest BCUT2D eigenvalue weighted by atomic mass is 9.98. The highest BCUT2D eigenvalue weighted by atomic mass is 32.2. The zero-order chi connectivity index (χ0) is 17.0. The SMILES string of the molecule is CC[C@H](C)[C@H](C(=O)O)N1C(=O)/C(=C/C=C/c2ccco2)SC1=S. The molecule has 0 radical (unpaired) electrons. The Morgan fingerprint density at radius 2 is 2.30 bits per heavy atom. The lowest BCUT2D eigenvalue weighted by Crippen LogP contribution is -2.47. The van der Waals surface area contributed by atoms with Gasteiger partial charge in [0.15, 0.2) is 0 Å². The summed E-state index contributed by atoms with van der Waals surface area (Å²) in [6.45, 7) is 3.69. The summed E-state index contributed by atoms with van der Waals surface area (Å²) in [5.41, 5.74) is 0. The third kappa shape index (κ3) is 3.92. The number of carboxylic acid groups (broad SMARTS) is 1. The van der Waals surface area contributed by atoms with E-state index < -0.39 is 12.0 Å². The molecule has 0 saturated carbocycles. The molecule has 0 spiro atoms. The van der Waals surface area contributed by atoms with Crippen LogP contribution in [0.3, 0.4) is 0 Å². The van der Waals surface area contributed by atoms with Gasteiger partial charge in [-0.1, -0.05) is 50.3 Å². The predicted molar refractivity (Wildman–Crippen MR) is 93.7 cm³/mol. The number of thiocarbonyl (C=S) groups is 1. The number of carbonyl (C=O) groups is 2. The molecule has 0 unspecified atom stereocenters. The van der Waals surface area contributed by atoms with Gasteiger partial charge < -0.3 is 9.52 Å². The molecule has 1 N–H and O–H groups in total. The van der Waals surface area contributed by atoms with Gasteiger partial charge >= 0.3 is 5.97 Å². The number of aliphatic carboxylic acids is 1. The molecular weight excluding hydrogens is 334 g/mol. The van der Waals surface area contributed by atoms with Crippen molar-refractivity contribution in [3.63, 3.8) is 0 Å². The number of allylic oxidation sites excluding steroid dienone is 2. The van der Waals surface area contributed by atoms with Crippen molar-refractivity contribution in [2.24, 2.45) is 5.92 Å². The Bertz CT molecular complexity index is 664. The summed E-state index contributed by atoms with van der Waals surface area (Å²) >= 11 is 6.33. The van der Waals surface area contributed by atoms with E-state index in [-0.39, 0.29) is 16.1 Å². The lowest BCUT2D eigenvalue weighted by Gasteiger charge is -2.27. The van der Waals surface area contributed by atoms with Crippen LogP contribution in [0.25, 0.3) is 6.08 Å². The van der Waals surface area contributed by atoms with E-state index in [9.17, 15) is 14.7 Å². The summed E-state index contributed by atoms with van der Waals surface area (Å²) in [5, 5.41) is 9.45. The second-order valence-corrected chi connectivity index (χ2v) is 6.79. The van der Waals surface area contributed by atoms with E-state index in [2.05, 4.69) is 0 Å². The highest BCUT2D eigenvalue weighted by Gasteiger charge is 2.42. The quantitative estimate of drug-likeness (QED) is 0.624. The topological polar surface area (TPSA) is 70.8 Å². The number of rotatable bonds is 6. The molecule has 7 heteroatoms. The van der Waals surface area contributed by atoms with Gasteiger partial charge in [-0.15, -0.1) is 0 Å². The number of thioether (sulfide) groups is 1. The zero-order valence-corrected chi connectivity index (χ0v) is 14.4. The second-order valence-electron chi connectivity index (χ2n) is 5.12. The van der Waals surface area contributed by atoms with Gasteiger partial charge in [0.25, 0.3) is 5.91 Å². The molecule has 1 aliphatic rings. The maximum absolute atomic E-state index is 12.5. The van der Waals surface area contributed by atoms with Crippen LogP contribution in [-0.4, -0.2) is 32.2 Å². The van der Waals surface area contributed by atoms with Crippen molar-refractivity contribution in [1.82, 2.24) is 4.90 Å². The molecule has 2 rings (SSSR count). The van der Waals surface area contributed by atoms with Crippen LogP contribution in [0.1, 0.15) is 26.0 Å². The van der Waals surface area contributed by atoms with Gasteiger partial charge in [-0.05, 0) is 30.2 Å². The molecule has 2 heterocycles. The monoisotopic (exact) mass is 351 g/mol. The summed E-state index contributed by atoms with van der Waals surface area (Å²) in [4.78, 5) is 25.7. The Kier molecular flexibility index (Phi) is 5.79. The van der Waals surface area contributed by atoms with Crippen molar-refractivity contribution >= 4 is 46.3 Å². The summed E-state index contributed by atoms with van der Waals surface area (Å²) in [7, 11) is 0. The first-order valence-electron chi connectivity index (χ1n) is 7.15. The average molecular weight is 351 g/mol. The maximum atomic E-state index is 12.5. The Hall–Kier alpha value is -1.86. The smallest absolute Gasteiger partial charge is 0.327 e. The minimum Gasteiger partial charge on any atom is -0.480 e. The maximum Gasteiger partial charge on any atom is 0.327 e. The van der Waals surface area contributed by atoms with Gasteiger partial charge in [0.1, 0.15) is 16.1 Å². The van der Waals surface area contributed by atoms with Crippen molar-refractivity contribution in [3.8, 4) is 0 Å². The largest absolute Gasteiger partial charge is 0.480 e. The van der Waals surface area contributed by atoms with E-state index in [4.69, 9.17) is 16.6 Å². The fourth-order valence-electron chi connectivity index (χ4n) is 2.18. The number of amides is 1. The van der Waals surface area contributed by atoms with Crippen molar-refractivity contribution in [2.45, 2.75) is 26.3 Å². The van der Waals surface area contributed by atoms with Gasteiger partial charge in [0, 0.05) is 0 Å². The van der Waals surface area contributed by atoms with Crippen LogP contribution in [0, 0.1) is 5.92 Å². The van der Waals surface area contributed by atoms with Crippen LogP contribution >= 0.6 is 24.0 Å². The van der Waals surface area contributed by atoms with Crippen LogP contribution in [0.15, 0.2) is 39.9 Å². The molecule has 2 atom stereocenters. The highest BCUT2D eigenvalue weighted by Crippen LogP contribution is 2.34. The van der Waals surface area contributed by atoms with Gasteiger partial charge in [-0.3, -0.25) is 9.69 Å². The third-order valence-corrected chi connectivity index (χ3v) is 4.94. The van der Waals surface area contributed by atoms with Crippen LogP contribution < -0.4 is 0 Å². The van der Waals surface area contributed by atoms with E-state index >= 15 is 0 Å². The van der Waals surface area contributed by atoms with Crippen LogP contribution in [0.4, 0.5) is 0 Å². The first kappa shape index (κ1) is 17.5. The third-order valence-electron chi connectivity index (χ3n) is 3.59. The fraction of sp³-hybridized carbons (Fsp3) is 0.312. The van der Waals surface area contributed by atoms with Crippen molar-refractivity contribution in [2.75, 3.05) is 0 Å². The summed E-state index contributed by atoms with van der Waals surface area (Å²) < 4.78 is 5.44. The van der Waals surface area contributed by atoms with Crippen LogP contribution in [0.2, 0.25) is 0 Å². The Morgan fingerprint density at radius 3 is 2.87 bits per heavy atom. The molecule has 1 saturated heterocycles. The number of carbonyl (C=O) groups excluding carboxylic acids is 1. The normalized spacial score (nSPS) is 19.7. The van der Waals surface area contributed by atoms with E-state index in [0.717, 1.165) is 11.8 Å². The van der Waals surface area contributed by atoms with Gasteiger partial charge in [-0.25, -0.2) is 4.79 Å². The summed E-state index contributed by atoms with van der Waals surface area (Å²) in [6.07, 6.45) is 7.23. The Morgan fingerprint density at radius 1 is 1.57 bits per heavy atom.